The monoisotopic (exact) mass is 203 g/mol. The van der Waals surface area contributed by atoms with Gasteiger partial charge in [0.25, 0.3) is 0 Å². The van der Waals surface area contributed by atoms with Crippen LogP contribution in [0.4, 0.5) is 0 Å². The standard InChI is InChI=1S/C13H19N2/c1-9(2)11-8-15-7-5-6-12(15)14-13(11)10(3)4/h5-6,8-10H,7H2,1-4H3/q+1. The topological polar surface area (TPSA) is 16.8 Å². The number of allylic oxidation sites excluding steroid dienone is 1. The molecule has 0 unspecified atom stereocenters. The second-order valence-electron chi connectivity index (χ2n) is 4.80. The van der Waals surface area contributed by atoms with Gasteiger partial charge in [0, 0.05) is 17.6 Å². The molecule has 1 aromatic heterocycles. The van der Waals surface area contributed by atoms with E-state index in [0.29, 0.717) is 11.8 Å². The van der Waals surface area contributed by atoms with E-state index in [9.17, 15) is 0 Å². The van der Waals surface area contributed by atoms with Crippen molar-refractivity contribution in [3.63, 3.8) is 0 Å². The highest BCUT2D eigenvalue weighted by Crippen LogP contribution is 2.23. The summed E-state index contributed by atoms with van der Waals surface area (Å²) in [5.41, 5.74) is 2.64. The lowest BCUT2D eigenvalue weighted by molar-refractivity contribution is -0.687. The van der Waals surface area contributed by atoms with Gasteiger partial charge in [0.1, 0.15) is 6.54 Å². The Balaban J connectivity index is 2.55. The first-order valence-corrected chi connectivity index (χ1v) is 5.70. The fraction of sp³-hybridized carbons (Fsp3) is 0.538. The summed E-state index contributed by atoms with van der Waals surface area (Å²) in [5.74, 6) is 2.15. The van der Waals surface area contributed by atoms with E-state index >= 15 is 0 Å². The second kappa shape index (κ2) is 3.76. The van der Waals surface area contributed by atoms with Crippen molar-refractivity contribution in [3.05, 3.63) is 29.4 Å². The number of hydrogen-bond acceptors (Lipinski definition) is 1. The maximum Gasteiger partial charge on any atom is 0.323 e. The van der Waals surface area contributed by atoms with Gasteiger partial charge in [0.2, 0.25) is 0 Å². The summed E-state index contributed by atoms with van der Waals surface area (Å²) in [6.45, 7) is 9.87. The van der Waals surface area contributed by atoms with Crippen molar-refractivity contribution in [2.75, 3.05) is 0 Å². The van der Waals surface area contributed by atoms with Crippen molar-refractivity contribution in [1.82, 2.24) is 4.98 Å². The predicted molar refractivity (Wildman–Crippen MR) is 61.6 cm³/mol. The third-order valence-corrected chi connectivity index (χ3v) is 2.86. The zero-order valence-electron chi connectivity index (χ0n) is 9.99. The van der Waals surface area contributed by atoms with Crippen LogP contribution < -0.4 is 4.57 Å². The smallest absolute Gasteiger partial charge is 0.227 e. The van der Waals surface area contributed by atoms with Gasteiger partial charge in [-0.15, -0.1) is 0 Å². The molecule has 0 radical (unpaired) electrons. The van der Waals surface area contributed by atoms with Gasteiger partial charge in [0.05, 0.1) is 6.20 Å². The maximum absolute atomic E-state index is 4.75. The lowest BCUT2D eigenvalue weighted by atomic mass is 9.97. The van der Waals surface area contributed by atoms with Gasteiger partial charge in [-0.2, -0.15) is 0 Å². The molecule has 15 heavy (non-hydrogen) atoms. The van der Waals surface area contributed by atoms with Crippen LogP contribution in [0.3, 0.4) is 0 Å². The Bertz CT molecular complexity index is 403. The number of aromatic nitrogens is 2. The molecule has 2 nitrogen and oxygen atoms in total. The highest BCUT2D eigenvalue weighted by Gasteiger charge is 2.23. The molecule has 2 rings (SSSR count). The average molecular weight is 203 g/mol. The largest absolute Gasteiger partial charge is 0.323 e. The molecule has 1 aromatic rings. The van der Waals surface area contributed by atoms with Crippen LogP contribution in [-0.4, -0.2) is 4.98 Å². The maximum atomic E-state index is 4.75. The lowest BCUT2D eigenvalue weighted by Gasteiger charge is -2.10. The van der Waals surface area contributed by atoms with Crippen LogP contribution in [0.2, 0.25) is 0 Å². The summed E-state index contributed by atoms with van der Waals surface area (Å²) in [6, 6.07) is 0. The Hall–Kier alpha value is -1.18. The molecule has 1 aliphatic rings. The molecule has 0 N–H and O–H groups in total. The van der Waals surface area contributed by atoms with Gasteiger partial charge < -0.3 is 0 Å². The van der Waals surface area contributed by atoms with E-state index in [0.717, 1.165) is 12.4 Å². The molecule has 0 spiro atoms. The van der Waals surface area contributed by atoms with Crippen LogP contribution in [0, 0.1) is 0 Å². The van der Waals surface area contributed by atoms with Crippen LogP contribution in [0.5, 0.6) is 0 Å². The van der Waals surface area contributed by atoms with E-state index in [1.54, 1.807) is 0 Å². The predicted octanol–water partition coefficient (Wildman–Crippen LogP) is 2.64. The van der Waals surface area contributed by atoms with Gasteiger partial charge in [-0.05, 0) is 17.0 Å². The van der Waals surface area contributed by atoms with Crippen molar-refractivity contribution in [2.24, 2.45) is 0 Å². The zero-order chi connectivity index (χ0) is 11.0. The van der Waals surface area contributed by atoms with Crippen molar-refractivity contribution in [1.29, 1.82) is 0 Å². The van der Waals surface area contributed by atoms with E-state index in [2.05, 4.69) is 50.6 Å². The van der Waals surface area contributed by atoms with Gasteiger partial charge in [-0.3, -0.25) is 0 Å². The molecule has 0 saturated heterocycles. The van der Waals surface area contributed by atoms with Crippen molar-refractivity contribution < 1.29 is 4.57 Å². The summed E-state index contributed by atoms with van der Waals surface area (Å²) in [7, 11) is 0. The van der Waals surface area contributed by atoms with E-state index in [1.165, 1.54) is 11.3 Å². The molecule has 1 aliphatic heterocycles. The Morgan fingerprint density at radius 2 is 1.93 bits per heavy atom. The van der Waals surface area contributed by atoms with Crippen LogP contribution in [-0.2, 0) is 6.54 Å². The molecular formula is C13H19N2+. The minimum absolute atomic E-state index is 0.502. The molecule has 0 aromatic carbocycles. The third-order valence-electron chi connectivity index (χ3n) is 2.86. The summed E-state index contributed by atoms with van der Waals surface area (Å²) in [6.07, 6.45) is 6.54. The van der Waals surface area contributed by atoms with E-state index < -0.39 is 0 Å². The molecule has 0 aliphatic carbocycles. The van der Waals surface area contributed by atoms with Crippen molar-refractivity contribution in [3.8, 4) is 0 Å². The number of rotatable bonds is 2. The number of nitrogens with zero attached hydrogens (tertiary/aromatic N) is 2. The van der Waals surface area contributed by atoms with Crippen LogP contribution in [0.15, 0.2) is 12.3 Å². The lowest BCUT2D eigenvalue weighted by Crippen LogP contribution is -2.36. The normalized spacial score (nSPS) is 14.0. The van der Waals surface area contributed by atoms with E-state index in [4.69, 9.17) is 4.98 Å². The Kier molecular flexibility index (Phi) is 2.59. The molecule has 0 amide bonds. The Labute approximate surface area is 91.7 Å². The minimum Gasteiger partial charge on any atom is -0.227 e. The highest BCUT2D eigenvalue weighted by molar-refractivity contribution is 5.40. The third kappa shape index (κ3) is 1.81. The molecule has 0 fully saturated rings. The molecule has 0 atom stereocenters. The second-order valence-corrected chi connectivity index (χ2v) is 4.80. The SMILES string of the molecule is CC(C)c1c[n+]2c(nc1C(C)C)C=CC2. The fourth-order valence-corrected chi connectivity index (χ4v) is 2.01. The van der Waals surface area contributed by atoms with Crippen LogP contribution in [0.1, 0.15) is 56.6 Å². The molecule has 80 valence electrons. The van der Waals surface area contributed by atoms with Gasteiger partial charge in [-0.1, -0.05) is 27.7 Å². The molecular weight excluding hydrogens is 184 g/mol. The summed E-state index contributed by atoms with van der Waals surface area (Å²) < 4.78 is 2.22. The van der Waals surface area contributed by atoms with Crippen LogP contribution >= 0.6 is 0 Å². The summed E-state index contributed by atoms with van der Waals surface area (Å²) >= 11 is 0. The highest BCUT2D eigenvalue weighted by atomic mass is 15.1. The molecule has 2 heterocycles. The van der Waals surface area contributed by atoms with E-state index in [-0.39, 0.29) is 0 Å². The number of fused-ring (bicyclic) bond motifs is 1. The van der Waals surface area contributed by atoms with Gasteiger partial charge in [-0.25, -0.2) is 4.57 Å². The quantitative estimate of drug-likeness (QED) is 0.675. The molecule has 0 bridgehead atoms. The minimum atomic E-state index is 0.502. The molecule has 2 heteroatoms. The van der Waals surface area contributed by atoms with Gasteiger partial charge >= 0.3 is 5.82 Å². The summed E-state index contributed by atoms with van der Waals surface area (Å²) in [5, 5.41) is 0. The van der Waals surface area contributed by atoms with Gasteiger partial charge in [0.15, 0.2) is 5.69 Å². The first kappa shape index (κ1) is 10.3. The van der Waals surface area contributed by atoms with Crippen molar-refractivity contribution in [2.45, 2.75) is 46.1 Å². The number of hydrogen-bond donors (Lipinski definition) is 0. The first-order chi connectivity index (χ1) is 7.09. The van der Waals surface area contributed by atoms with E-state index in [1.807, 2.05) is 0 Å². The van der Waals surface area contributed by atoms with Crippen LogP contribution in [0.25, 0.3) is 6.08 Å². The zero-order valence-corrected chi connectivity index (χ0v) is 9.99. The Morgan fingerprint density at radius 3 is 2.53 bits per heavy atom. The Morgan fingerprint density at radius 1 is 1.20 bits per heavy atom. The first-order valence-electron chi connectivity index (χ1n) is 5.70. The van der Waals surface area contributed by atoms with Crippen molar-refractivity contribution >= 4 is 6.08 Å². The fourth-order valence-electron chi connectivity index (χ4n) is 2.01. The molecule has 0 saturated carbocycles. The summed E-state index contributed by atoms with van der Waals surface area (Å²) in [4.78, 5) is 4.75. The average Bonchev–Trinajstić information content (AvgIpc) is 2.61.